The molecular weight excluding hydrogens is 240 g/mol. The molecule has 0 saturated carbocycles. The third-order valence-electron chi connectivity index (χ3n) is 2.29. The summed E-state index contributed by atoms with van der Waals surface area (Å²) in [5.41, 5.74) is 1.86. The van der Waals surface area contributed by atoms with Crippen LogP contribution in [0.15, 0.2) is 18.3 Å². The second-order valence-corrected chi connectivity index (χ2v) is 4.80. The predicted molar refractivity (Wildman–Crippen MR) is 66.2 cm³/mol. The number of rotatable bonds is 4. The number of nitrogens with zero attached hydrogens (tertiary/aromatic N) is 3. The van der Waals surface area contributed by atoms with Gasteiger partial charge in [0.25, 0.3) is 0 Å². The lowest BCUT2D eigenvalue weighted by Gasteiger charge is -2.01. The second-order valence-electron chi connectivity index (χ2n) is 3.65. The molecule has 0 unspecified atom stereocenters. The number of aromatic nitrogens is 2. The van der Waals surface area contributed by atoms with Crippen molar-refractivity contribution in [3.8, 4) is 0 Å². The van der Waals surface area contributed by atoms with E-state index in [1.165, 1.54) is 17.4 Å². The standard InChI is InChI=1S/C10H12N4O2S/c1-7-9(6-13(2)12-7)11-5-8-3-4-10(17-8)14(15)16/h3-4,6,11H,5H2,1-2H3. The predicted octanol–water partition coefficient (Wildman–Crippen LogP) is 2.31. The van der Waals surface area contributed by atoms with Crippen molar-refractivity contribution in [2.45, 2.75) is 13.5 Å². The van der Waals surface area contributed by atoms with Crippen LogP contribution in [0.1, 0.15) is 10.6 Å². The van der Waals surface area contributed by atoms with E-state index < -0.39 is 0 Å². The van der Waals surface area contributed by atoms with Crippen LogP contribution in [-0.2, 0) is 13.6 Å². The molecule has 0 aliphatic carbocycles. The Kier molecular flexibility index (Phi) is 3.10. The number of nitro groups is 1. The molecule has 0 aliphatic rings. The van der Waals surface area contributed by atoms with E-state index >= 15 is 0 Å². The summed E-state index contributed by atoms with van der Waals surface area (Å²) >= 11 is 1.18. The molecule has 7 heteroatoms. The Balaban J connectivity index is 2.02. The van der Waals surface area contributed by atoms with Crippen molar-refractivity contribution >= 4 is 22.0 Å². The smallest absolute Gasteiger partial charge is 0.324 e. The SMILES string of the molecule is Cc1nn(C)cc1NCc1ccc([N+](=O)[O-])s1. The van der Waals surface area contributed by atoms with Gasteiger partial charge in [0.1, 0.15) is 0 Å². The van der Waals surface area contributed by atoms with Crippen molar-refractivity contribution in [2.24, 2.45) is 7.05 Å². The van der Waals surface area contributed by atoms with Crippen LogP contribution in [-0.4, -0.2) is 14.7 Å². The van der Waals surface area contributed by atoms with Gasteiger partial charge in [0.15, 0.2) is 0 Å². The van der Waals surface area contributed by atoms with Gasteiger partial charge in [-0.05, 0) is 13.0 Å². The van der Waals surface area contributed by atoms with E-state index in [0.29, 0.717) is 6.54 Å². The Labute approximate surface area is 102 Å². The lowest BCUT2D eigenvalue weighted by atomic mass is 10.4. The van der Waals surface area contributed by atoms with Crippen molar-refractivity contribution in [1.29, 1.82) is 0 Å². The van der Waals surface area contributed by atoms with Crippen molar-refractivity contribution in [1.82, 2.24) is 9.78 Å². The highest BCUT2D eigenvalue weighted by atomic mass is 32.1. The molecule has 0 fully saturated rings. The molecule has 0 aromatic carbocycles. The van der Waals surface area contributed by atoms with Crippen molar-refractivity contribution in [3.05, 3.63) is 39.0 Å². The van der Waals surface area contributed by atoms with Gasteiger partial charge in [-0.25, -0.2) is 0 Å². The first kappa shape index (κ1) is 11.6. The molecule has 1 N–H and O–H groups in total. The molecular formula is C10H12N4O2S. The van der Waals surface area contributed by atoms with Gasteiger partial charge in [-0.2, -0.15) is 5.10 Å². The summed E-state index contributed by atoms with van der Waals surface area (Å²) in [6.07, 6.45) is 1.89. The van der Waals surface area contributed by atoms with Crippen LogP contribution in [0.3, 0.4) is 0 Å². The second kappa shape index (κ2) is 4.54. The number of thiophene rings is 1. The Morgan fingerprint density at radius 1 is 1.59 bits per heavy atom. The fourth-order valence-electron chi connectivity index (χ4n) is 1.52. The Morgan fingerprint density at radius 2 is 2.35 bits per heavy atom. The zero-order valence-corrected chi connectivity index (χ0v) is 10.3. The molecule has 0 bridgehead atoms. The first-order chi connectivity index (χ1) is 8.06. The zero-order valence-electron chi connectivity index (χ0n) is 9.51. The van der Waals surface area contributed by atoms with E-state index in [0.717, 1.165) is 16.3 Å². The van der Waals surface area contributed by atoms with E-state index in [4.69, 9.17) is 0 Å². The van der Waals surface area contributed by atoms with E-state index in [-0.39, 0.29) is 9.92 Å². The van der Waals surface area contributed by atoms with Crippen LogP contribution in [0, 0.1) is 17.0 Å². The summed E-state index contributed by atoms with van der Waals surface area (Å²) in [5, 5.41) is 18.1. The Hall–Kier alpha value is -1.89. The van der Waals surface area contributed by atoms with E-state index in [2.05, 4.69) is 10.4 Å². The Morgan fingerprint density at radius 3 is 2.88 bits per heavy atom. The molecule has 0 spiro atoms. The summed E-state index contributed by atoms with van der Waals surface area (Å²) in [6, 6.07) is 3.29. The fraction of sp³-hybridized carbons (Fsp3) is 0.300. The largest absolute Gasteiger partial charge is 0.377 e. The molecule has 90 valence electrons. The van der Waals surface area contributed by atoms with Crippen LogP contribution in [0.4, 0.5) is 10.7 Å². The van der Waals surface area contributed by atoms with E-state index in [1.807, 2.05) is 20.2 Å². The summed E-state index contributed by atoms with van der Waals surface area (Å²) in [7, 11) is 1.86. The van der Waals surface area contributed by atoms with Crippen LogP contribution in [0.5, 0.6) is 0 Å². The minimum Gasteiger partial charge on any atom is -0.377 e. The van der Waals surface area contributed by atoms with Gasteiger partial charge in [0.05, 0.1) is 16.3 Å². The van der Waals surface area contributed by atoms with Gasteiger partial charge in [-0.15, -0.1) is 0 Å². The van der Waals surface area contributed by atoms with Crippen LogP contribution in [0.2, 0.25) is 0 Å². The van der Waals surface area contributed by atoms with Gasteiger partial charge >= 0.3 is 5.00 Å². The summed E-state index contributed by atoms with van der Waals surface area (Å²) in [6.45, 7) is 2.49. The highest BCUT2D eigenvalue weighted by molar-refractivity contribution is 7.15. The van der Waals surface area contributed by atoms with Crippen LogP contribution in [0.25, 0.3) is 0 Å². The summed E-state index contributed by atoms with van der Waals surface area (Å²) in [5.74, 6) is 0. The van der Waals surface area contributed by atoms with Gasteiger partial charge in [-0.3, -0.25) is 14.8 Å². The van der Waals surface area contributed by atoms with Crippen LogP contribution < -0.4 is 5.32 Å². The molecule has 2 aromatic rings. The third kappa shape index (κ3) is 2.62. The fourth-order valence-corrected chi connectivity index (χ4v) is 2.27. The number of aryl methyl sites for hydroxylation is 2. The van der Waals surface area contributed by atoms with Crippen LogP contribution >= 0.6 is 11.3 Å². The zero-order chi connectivity index (χ0) is 12.4. The van der Waals surface area contributed by atoms with Crippen molar-refractivity contribution < 1.29 is 4.92 Å². The summed E-state index contributed by atoms with van der Waals surface area (Å²) < 4.78 is 1.73. The lowest BCUT2D eigenvalue weighted by molar-refractivity contribution is -0.380. The molecule has 6 nitrogen and oxygen atoms in total. The minimum atomic E-state index is -0.372. The van der Waals surface area contributed by atoms with Crippen molar-refractivity contribution in [2.75, 3.05) is 5.32 Å². The molecule has 2 rings (SSSR count). The topological polar surface area (TPSA) is 73.0 Å². The molecule has 2 aromatic heterocycles. The first-order valence-electron chi connectivity index (χ1n) is 5.03. The molecule has 0 radical (unpaired) electrons. The van der Waals surface area contributed by atoms with Gasteiger partial charge in [0.2, 0.25) is 0 Å². The van der Waals surface area contributed by atoms with Gasteiger partial charge in [0, 0.05) is 30.7 Å². The quantitative estimate of drug-likeness (QED) is 0.669. The molecule has 0 aliphatic heterocycles. The average molecular weight is 252 g/mol. The Bertz CT molecular complexity index is 546. The third-order valence-corrected chi connectivity index (χ3v) is 3.33. The molecule has 2 heterocycles. The lowest BCUT2D eigenvalue weighted by Crippen LogP contribution is -1.97. The maximum atomic E-state index is 10.5. The highest BCUT2D eigenvalue weighted by Crippen LogP contribution is 2.24. The normalized spacial score (nSPS) is 10.5. The maximum absolute atomic E-state index is 10.5. The highest BCUT2D eigenvalue weighted by Gasteiger charge is 2.10. The van der Waals surface area contributed by atoms with E-state index in [1.54, 1.807) is 10.7 Å². The van der Waals surface area contributed by atoms with E-state index in [9.17, 15) is 10.1 Å². The molecule has 0 atom stereocenters. The first-order valence-corrected chi connectivity index (χ1v) is 5.85. The van der Waals surface area contributed by atoms with Crippen molar-refractivity contribution in [3.63, 3.8) is 0 Å². The maximum Gasteiger partial charge on any atom is 0.324 e. The average Bonchev–Trinajstić information content (AvgIpc) is 2.82. The van der Waals surface area contributed by atoms with Gasteiger partial charge < -0.3 is 5.32 Å². The van der Waals surface area contributed by atoms with Gasteiger partial charge in [-0.1, -0.05) is 11.3 Å². The molecule has 0 saturated heterocycles. The number of hydrogen-bond donors (Lipinski definition) is 1. The molecule has 0 amide bonds. The molecule has 17 heavy (non-hydrogen) atoms. The number of nitrogens with one attached hydrogen (secondary N) is 1. The minimum absolute atomic E-state index is 0.171. The number of hydrogen-bond acceptors (Lipinski definition) is 5. The monoisotopic (exact) mass is 252 g/mol. The summed E-state index contributed by atoms with van der Waals surface area (Å²) in [4.78, 5) is 11.1. The number of anilines is 1.